The maximum Gasteiger partial charge on any atom is 0.240 e. The van der Waals surface area contributed by atoms with Gasteiger partial charge in [0.05, 0.1) is 6.04 Å². The Hall–Kier alpha value is -2.40. The summed E-state index contributed by atoms with van der Waals surface area (Å²) in [5.74, 6) is 0.278. The van der Waals surface area contributed by atoms with Crippen molar-refractivity contribution in [1.82, 2.24) is 14.8 Å². The van der Waals surface area contributed by atoms with Crippen molar-refractivity contribution >= 4 is 11.6 Å². The first kappa shape index (κ1) is 18.0. The van der Waals surface area contributed by atoms with E-state index in [1.165, 1.54) is 16.8 Å². The number of hydrogen-bond donors (Lipinski definition) is 0. The van der Waals surface area contributed by atoms with Crippen molar-refractivity contribution in [2.24, 2.45) is 0 Å². The molecule has 5 nitrogen and oxygen atoms in total. The first-order chi connectivity index (χ1) is 13.1. The molecule has 1 fully saturated rings. The minimum absolute atomic E-state index is 0.0466. The Morgan fingerprint density at radius 2 is 1.89 bits per heavy atom. The zero-order chi connectivity index (χ0) is 18.8. The van der Waals surface area contributed by atoms with Crippen LogP contribution in [0.25, 0.3) is 0 Å². The van der Waals surface area contributed by atoms with E-state index in [4.69, 9.17) is 0 Å². The molecule has 142 valence electrons. The summed E-state index contributed by atoms with van der Waals surface area (Å²) < 4.78 is 0. The van der Waals surface area contributed by atoms with Gasteiger partial charge in [-0.3, -0.25) is 14.7 Å². The molecule has 2 aliphatic heterocycles. The second-order valence-corrected chi connectivity index (χ2v) is 7.73. The Morgan fingerprint density at radius 1 is 1.07 bits per heavy atom. The molecule has 5 heteroatoms. The van der Waals surface area contributed by atoms with Crippen LogP contribution in [0.1, 0.15) is 23.2 Å². The van der Waals surface area contributed by atoms with Crippen molar-refractivity contribution in [3.05, 3.63) is 59.4 Å². The number of amides is 1. The van der Waals surface area contributed by atoms with E-state index < -0.39 is 0 Å². The SMILES string of the molecule is Cc1cc(N2CCCN(C(=O)C3Cc4ccccc4CN3C)CC2)ccn1. The second kappa shape index (κ2) is 7.69. The molecule has 0 aliphatic carbocycles. The lowest BCUT2D eigenvalue weighted by atomic mass is 9.93. The molecule has 0 bridgehead atoms. The Morgan fingerprint density at radius 3 is 2.70 bits per heavy atom. The summed E-state index contributed by atoms with van der Waals surface area (Å²) in [6, 6.07) is 12.6. The van der Waals surface area contributed by atoms with Crippen LogP contribution >= 0.6 is 0 Å². The lowest BCUT2D eigenvalue weighted by Gasteiger charge is -2.36. The number of hydrogen-bond acceptors (Lipinski definition) is 4. The van der Waals surface area contributed by atoms with Crippen LogP contribution in [0.2, 0.25) is 0 Å². The normalized spacial score (nSPS) is 20.9. The fraction of sp³-hybridized carbons (Fsp3) is 0.455. The summed E-state index contributed by atoms with van der Waals surface area (Å²) in [7, 11) is 2.07. The Kier molecular flexibility index (Phi) is 5.12. The van der Waals surface area contributed by atoms with Crippen molar-refractivity contribution in [3.8, 4) is 0 Å². The molecular formula is C22H28N4O. The molecule has 0 radical (unpaired) electrons. The Balaban J connectivity index is 1.44. The first-order valence-corrected chi connectivity index (χ1v) is 9.85. The molecule has 4 rings (SSSR count). The predicted octanol–water partition coefficient (Wildman–Crippen LogP) is 2.49. The summed E-state index contributed by atoms with van der Waals surface area (Å²) >= 11 is 0. The van der Waals surface area contributed by atoms with Crippen molar-refractivity contribution in [3.63, 3.8) is 0 Å². The van der Waals surface area contributed by atoms with Gasteiger partial charge in [0.15, 0.2) is 0 Å². The Labute approximate surface area is 161 Å². The van der Waals surface area contributed by atoms with E-state index in [9.17, 15) is 4.79 Å². The summed E-state index contributed by atoms with van der Waals surface area (Å²) in [5.41, 5.74) is 4.91. The monoisotopic (exact) mass is 364 g/mol. The van der Waals surface area contributed by atoms with Gasteiger partial charge in [-0.2, -0.15) is 0 Å². The lowest BCUT2D eigenvalue weighted by molar-refractivity contribution is -0.136. The van der Waals surface area contributed by atoms with Gasteiger partial charge in [0.25, 0.3) is 0 Å². The zero-order valence-corrected chi connectivity index (χ0v) is 16.3. The molecule has 3 heterocycles. The molecule has 1 atom stereocenters. The maximum atomic E-state index is 13.3. The van der Waals surface area contributed by atoms with E-state index in [2.05, 4.69) is 63.1 Å². The number of carbonyl (C=O) groups is 1. The summed E-state index contributed by atoms with van der Waals surface area (Å²) in [4.78, 5) is 24.2. The van der Waals surface area contributed by atoms with Gasteiger partial charge in [-0.1, -0.05) is 24.3 Å². The fourth-order valence-corrected chi connectivity index (χ4v) is 4.26. The summed E-state index contributed by atoms with van der Waals surface area (Å²) in [6.45, 7) is 6.35. The summed E-state index contributed by atoms with van der Waals surface area (Å²) in [5, 5.41) is 0. The van der Waals surface area contributed by atoms with Crippen molar-refractivity contribution < 1.29 is 4.79 Å². The fourth-order valence-electron chi connectivity index (χ4n) is 4.26. The smallest absolute Gasteiger partial charge is 0.240 e. The van der Waals surface area contributed by atoms with Gasteiger partial charge in [-0.25, -0.2) is 0 Å². The van der Waals surface area contributed by atoms with E-state index >= 15 is 0 Å². The minimum Gasteiger partial charge on any atom is -0.370 e. The van der Waals surface area contributed by atoms with E-state index in [0.29, 0.717) is 0 Å². The summed E-state index contributed by atoms with van der Waals surface area (Å²) in [6.07, 6.45) is 3.68. The molecule has 1 unspecified atom stereocenters. The van der Waals surface area contributed by atoms with Crippen LogP contribution in [0.5, 0.6) is 0 Å². The molecule has 1 amide bonds. The van der Waals surface area contributed by atoms with Crippen LogP contribution in [-0.2, 0) is 17.8 Å². The molecule has 2 aliphatic rings. The Bertz CT molecular complexity index is 821. The third-order valence-corrected chi connectivity index (χ3v) is 5.82. The maximum absolute atomic E-state index is 13.3. The first-order valence-electron chi connectivity index (χ1n) is 9.85. The van der Waals surface area contributed by atoms with Gasteiger partial charge in [0, 0.05) is 50.3 Å². The zero-order valence-electron chi connectivity index (χ0n) is 16.3. The molecule has 1 aromatic heterocycles. The number of anilines is 1. The highest BCUT2D eigenvalue weighted by molar-refractivity contribution is 5.82. The largest absolute Gasteiger partial charge is 0.370 e. The molecule has 1 aromatic carbocycles. The average Bonchev–Trinajstić information content (AvgIpc) is 2.93. The molecule has 27 heavy (non-hydrogen) atoms. The van der Waals surface area contributed by atoms with Crippen molar-refractivity contribution in [2.75, 3.05) is 38.1 Å². The van der Waals surface area contributed by atoms with Crippen LogP contribution in [0.4, 0.5) is 5.69 Å². The third kappa shape index (κ3) is 3.83. The average molecular weight is 364 g/mol. The highest BCUT2D eigenvalue weighted by Gasteiger charge is 2.32. The second-order valence-electron chi connectivity index (χ2n) is 7.73. The molecule has 2 aromatic rings. The van der Waals surface area contributed by atoms with E-state index in [0.717, 1.165) is 51.3 Å². The van der Waals surface area contributed by atoms with E-state index in [1.807, 2.05) is 13.1 Å². The van der Waals surface area contributed by atoms with Crippen molar-refractivity contribution in [2.45, 2.75) is 32.4 Å². The number of aryl methyl sites for hydroxylation is 1. The van der Waals surface area contributed by atoms with Crippen LogP contribution in [0.15, 0.2) is 42.6 Å². The highest BCUT2D eigenvalue weighted by atomic mass is 16.2. The molecule has 0 N–H and O–H groups in total. The van der Waals surface area contributed by atoms with E-state index in [1.54, 1.807) is 0 Å². The van der Waals surface area contributed by atoms with E-state index in [-0.39, 0.29) is 11.9 Å². The van der Waals surface area contributed by atoms with Crippen LogP contribution < -0.4 is 4.90 Å². The number of nitrogens with zero attached hydrogens (tertiary/aromatic N) is 4. The minimum atomic E-state index is -0.0466. The van der Waals surface area contributed by atoms with Crippen LogP contribution in [0.3, 0.4) is 0 Å². The standard InChI is InChI=1S/C22H28N4O/c1-17-14-20(8-9-23-17)25-10-5-11-26(13-12-25)22(27)21-15-18-6-3-4-7-19(18)16-24(21)2/h3-4,6-9,14,21H,5,10-13,15-16H2,1-2H3. The van der Waals surface area contributed by atoms with Gasteiger partial charge in [0.2, 0.25) is 5.91 Å². The van der Waals surface area contributed by atoms with Gasteiger partial charge >= 0.3 is 0 Å². The van der Waals surface area contributed by atoms with Crippen LogP contribution in [0, 0.1) is 6.92 Å². The van der Waals surface area contributed by atoms with Gasteiger partial charge in [-0.15, -0.1) is 0 Å². The van der Waals surface area contributed by atoms with Gasteiger partial charge in [-0.05, 0) is 50.1 Å². The molecular weight excluding hydrogens is 336 g/mol. The number of carbonyl (C=O) groups excluding carboxylic acids is 1. The van der Waals surface area contributed by atoms with Gasteiger partial charge < -0.3 is 9.80 Å². The number of benzene rings is 1. The molecule has 1 saturated heterocycles. The number of aromatic nitrogens is 1. The third-order valence-electron chi connectivity index (χ3n) is 5.82. The number of pyridine rings is 1. The predicted molar refractivity (Wildman–Crippen MR) is 108 cm³/mol. The number of fused-ring (bicyclic) bond motifs is 1. The molecule has 0 spiro atoms. The van der Waals surface area contributed by atoms with Gasteiger partial charge in [0.1, 0.15) is 0 Å². The lowest BCUT2D eigenvalue weighted by Crippen LogP contribution is -2.51. The molecule has 0 saturated carbocycles. The topological polar surface area (TPSA) is 39.7 Å². The quantitative estimate of drug-likeness (QED) is 0.821. The number of likely N-dealkylation sites (N-methyl/N-ethyl adjacent to an activating group) is 1. The van der Waals surface area contributed by atoms with Crippen molar-refractivity contribution in [1.29, 1.82) is 0 Å². The highest BCUT2D eigenvalue weighted by Crippen LogP contribution is 2.24. The number of rotatable bonds is 2. The van der Waals surface area contributed by atoms with Crippen LogP contribution in [-0.4, -0.2) is 60.0 Å².